The highest BCUT2D eigenvalue weighted by Gasteiger charge is 2.24. The molecule has 0 heterocycles. The Morgan fingerprint density at radius 1 is 1.24 bits per heavy atom. The SMILES string of the molecule is COc1ccc(C)cc1C(CN)C(O)c1cccc(Br)c1. The van der Waals surface area contributed by atoms with Crippen molar-refractivity contribution in [1.29, 1.82) is 0 Å². The molecule has 2 rings (SSSR count). The van der Waals surface area contributed by atoms with Gasteiger partial charge in [-0.1, -0.05) is 45.8 Å². The van der Waals surface area contributed by atoms with Crippen molar-refractivity contribution in [2.24, 2.45) is 5.73 Å². The number of methoxy groups -OCH3 is 1. The number of nitrogens with two attached hydrogens (primary N) is 1. The van der Waals surface area contributed by atoms with Gasteiger partial charge in [-0.3, -0.25) is 0 Å². The molecule has 3 nitrogen and oxygen atoms in total. The van der Waals surface area contributed by atoms with Crippen LogP contribution in [0, 0.1) is 6.92 Å². The van der Waals surface area contributed by atoms with Crippen LogP contribution in [0.2, 0.25) is 0 Å². The number of benzene rings is 2. The van der Waals surface area contributed by atoms with Gasteiger partial charge in [0.05, 0.1) is 13.2 Å². The van der Waals surface area contributed by atoms with Gasteiger partial charge >= 0.3 is 0 Å². The van der Waals surface area contributed by atoms with Gasteiger partial charge in [-0.25, -0.2) is 0 Å². The maximum Gasteiger partial charge on any atom is 0.122 e. The fraction of sp³-hybridized carbons (Fsp3) is 0.294. The summed E-state index contributed by atoms with van der Waals surface area (Å²) >= 11 is 3.43. The van der Waals surface area contributed by atoms with Crippen LogP contribution < -0.4 is 10.5 Å². The predicted molar refractivity (Wildman–Crippen MR) is 88.6 cm³/mol. The molecular weight excluding hydrogens is 330 g/mol. The van der Waals surface area contributed by atoms with E-state index in [0.717, 1.165) is 26.9 Å². The Labute approximate surface area is 133 Å². The number of halogens is 1. The zero-order valence-electron chi connectivity index (χ0n) is 12.2. The second kappa shape index (κ2) is 7.07. The molecule has 0 bridgehead atoms. The minimum Gasteiger partial charge on any atom is -0.496 e. The van der Waals surface area contributed by atoms with Gasteiger partial charge in [-0.05, 0) is 30.7 Å². The minimum absolute atomic E-state index is 0.214. The highest BCUT2D eigenvalue weighted by atomic mass is 79.9. The highest BCUT2D eigenvalue weighted by Crippen LogP contribution is 2.36. The lowest BCUT2D eigenvalue weighted by Crippen LogP contribution is -2.21. The summed E-state index contributed by atoms with van der Waals surface area (Å²) in [5.74, 6) is 0.541. The van der Waals surface area contributed by atoms with Crippen LogP contribution in [0.15, 0.2) is 46.9 Å². The van der Waals surface area contributed by atoms with Crippen LogP contribution in [0.5, 0.6) is 5.75 Å². The van der Waals surface area contributed by atoms with Crippen LogP contribution >= 0.6 is 15.9 Å². The van der Waals surface area contributed by atoms with Gasteiger partial charge in [0.2, 0.25) is 0 Å². The lowest BCUT2D eigenvalue weighted by molar-refractivity contribution is 0.146. The molecule has 112 valence electrons. The third-order valence-electron chi connectivity index (χ3n) is 3.61. The molecule has 2 aromatic carbocycles. The van der Waals surface area contributed by atoms with Gasteiger partial charge in [0.15, 0.2) is 0 Å². The van der Waals surface area contributed by atoms with Crippen LogP contribution in [0.1, 0.15) is 28.7 Å². The first kappa shape index (κ1) is 16.0. The van der Waals surface area contributed by atoms with Gasteiger partial charge < -0.3 is 15.6 Å². The summed E-state index contributed by atoms with van der Waals surface area (Å²) in [5, 5.41) is 10.7. The van der Waals surface area contributed by atoms with E-state index in [0.29, 0.717) is 6.54 Å². The average Bonchev–Trinajstić information content (AvgIpc) is 2.48. The molecule has 4 heteroatoms. The summed E-state index contributed by atoms with van der Waals surface area (Å²) in [4.78, 5) is 0. The molecule has 3 N–H and O–H groups in total. The maximum atomic E-state index is 10.7. The van der Waals surface area contributed by atoms with Crippen molar-refractivity contribution in [2.75, 3.05) is 13.7 Å². The van der Waals surface area contributed by atoms with E-state index in [1.54, 1.807) is 7.11 Å². The summed E-state index contributed by atoms with van der Waals surface area (Å²) in [7, 11) is 1.63. The second-order valence-corrected chi connectivity index (χ2v) is 6.00. The molecule has 0 saturated carbocycles. The van der Waals surface area contributed by atoms with Gasteiger partial charge in [0.25, 0.3) is 0 Å². The zero-order valence-corrected chi connectivity index (χ0v) is 13.8. The monoisotopic (exact) mass is 349 g/mol. The van der Waals surface area contributed by atoms with E-state index in [9.17, 15) is 5.11 Å². The molecule has 2 aromatic rings. The van der Waals surface area contributed by atoms with E-state index in [1.165, 1.54) is 0 Å². The molecule has 0 spiro atoms. The van der Waals surface area contributed by atoms with Crippen LogP contribution in [0.3, 0.4) is 0 Å². The van der Waals surface area contributed by atoms with Gasteiger partial charge in [0, 0.05) is 22.5 Å². The van der Waals surface area contributed by atoms with E-state index >= 15 is 0 Å². The Hall–Kier alpha value is -1.36. The molecule has 0 fully saturated rings. The normalized spacial score (nSPS) is 13.8. The van der Waals surface area contributed by atoms with E-state index < -0.39 is 6.10 Å². The van der Waals surface area contributed by atoms with Crippen molar-refractivity contribution in [2.45, 2.75) is 18.9 Å². The van der Waals surface area contributed by atoms with Crippen LogP contribution in [0.4, 0.5) is 0 Å². The summed E-state index contributed by atoms with van der Waals surface area (Å²) < 4.78 is 6.35. The van der Waals surface area contributed by atoms with Crippen molar-refractivity contribution in [1.82, 2.24) is 0 Å². The number of aryl methyl sites for hydroxylation is 1. The van der Waals surface area contributed by atoms with Crippen molar-refractivity contribution in [3.05, 3.63) is 63.6 Å². The number of aliphatic hydroxyl groups is 1. The van der Waals surface area contributed by atoms with Crippen molar-refractivity contribution >= 4 is 15.9 Å². The zero-order chi connectivity index (χ0) is 15.4. The smallest absolute Gasteiger partial charge is 0.122 e. The molecule has 0 saturated heterocycles. The van der Waals surface area contributed by atoms with Gasteiger partial charge in [-0.15, -0.1) is 0 Å². The Balaban J connectivity index is 2.41. The largest absolute Gasteiger partial charge is 0.496 e. The molecule has 0 amide bonds. The first-order valence-corrected chi connectivity index (χ1v) is 7.64. The summed E-state index contributed by atoms with van der Waals surface area (Å²) in [6.45, 7) is 2.36. The second-order valence-electron chi connectivity index (χ2n) is 5.09. The fourth-order valence-electron chi connectivity index (χ4n) is 2.49. The van der Waals surface area contributed by atoms with Crippen LogP contribution in [-0.4, -0.2) is 18.8 Å². The highest BCUT2D eigenvalue weighted by molar-refractivity contribution is 9.10. The molecule has 0 aliphatic carbocycles. The molecule has 0 radical (unpaired) electrons. The van der Waals surface area contributed by atoms with Crippen molar-refractivity contribution < 1.29 is 9.84 Å². The Morgan fingerprint density at radius 3 is 2.62 bits per heavy atom. The maximum absolute atomic E-state index is 10.7. The lowest BCUT2D eigenvalue weighted by Gasteiger charge is -2.24. The third kappa shape index (κ3) is 3.64. The van der Waals surface area contributed by atoms with Crippen LogP contribution in [-0.2, 0) is 0 Å². The number of hydrogen-bond acceptors (Lipinski definition) is 3. The molecule has 2 atom stereocenters. The molecule has 0 aromatic heterocycles. The molecule has 0 aliphatic rings. The molecule has 0 aliphatic heterocycles. The number of ether oxygens (including phenoxy) is 1. The predicted octanol–water partition coefficient (Wildman–Crippen LogP) is 3.54. The van der Waals surface area contributed by atoms with E-state index in [4.69, 9.17) is 10.5 Å². The van der Waals surface area contributed by atoms with Gasteiger partial charge in [-0.2, -0.15) is 0 Å². The molecule has 2 unspecified atom stereocenters. The summed E-state index contributed by atoms with van der Waals surface area (Å²) in [6.07, 6.45) is -0.678. The number of aliphatic hydroxyl groups excluding tert-OH is 1. The van der Waals surface area contributed by atoms with Crippen LogP contribution in [0.25, 0.3) is 0 Å². The van der Waals surface area contributed by atoms with E-state index in [2.05, 4.69) is 15.9 Å². The summed E-state index contributed by atoms with van der Waals surface area (Å²) in [5.41, 5.74) is 8.82. The number of rotatable bonds is 5. The fourth-order valence-corrected chi connectivity index (χ4v) is 2.91. The van der Waals surface area contributed by atoms with E-state index in [-0.39, 0.29) is 5.92 Å². The lowest BCUT2D eigenvalue weighted by atomic mass is 9.88. The first-order chi connectivity index (χ1) is 10.1. The Kier molecular flexibility index (Phi) is 5.39. The average molecular weight is 350 g/mol. The number of hydrogen-bond donors (Lipinski definition) is 2. The first-order valence-electron chi connectivity index (χ1n) is 6.85. The topological polar surface area (TPSA) is 55.5 Å². The third-order valence-corrected chi connectivity index (χ3v) is 4.10. The standard InChI is InChI=1S/C17H20BrNO2/c1-11-6-7-16(21-2)14(8-11)15(10-19)17(20)12-4-3-5-13(18)9-12/h3-9,15,17,20H,10,19H2,1-2H3. The van der Waals surface area contributed by atoms with Crippen molar-refractivity contribution in [3.8, 4) is 5.75 Å². The Morgan fingerprint density at radius 2 is 2.00 bits per heavy atom. The Bertz CT molecular complexity index is 615. The van der Waals surface area contributed by atoms with E-state index in [1.807, 2.05) is 49.4 Å². The quantitative estimate of drug-likeness (QED) is 0.867. The van der Waals surface area contributed by atoms with Gasteiger partial charge in [0.1, 0.15) is 5.75 Å². The summed E-state index contributed by atoms with van der Waals surface area (Å²) in [6, 6.07) is 13.6. The molecular formula is C17H20BrNO2. The molecule has 21 heavy (non-hydrogen) atoms. The van der Waals surface area contributed by atoms with Crippen molar-refractivity contribution in [3.63, 3.8) is 0 Å². The minimum atomic E-state index is -0.678.